The van der Waals surface area contributed by atoms with Crippen LogP contribution >= 0.6 is 0 Å². The molecule has 3 aromatic rings. The molecule has 0 radical (unpaired) electrons. The van der Waals surface area contributed by atoms with E-state index in [4.69, 9.17) is 4.74 Å². The van der Waals surface area contributed by atoms with Crippen molar-refractivity contribution >= 4 is 28.9 Å². The molecular formula is C23H28N6O4. The van der Waals surface area contributed by atoms with Crippen molar-refractivity contribution in [3.63, 3.8) is 0 Å². The number of aliphatic hydroxyl groups excluding tert-OH is 1. The van der Waals surface area contributed by atoms with E-state index >= 15 is 0 Å². The molecule has 2 aliphatic carbocycles. The second-order valence-corrected chi connectivity index (χ2v) is 9.01. The number of aliphatic hydroxyl groups is 1. The molecule has 174 valence electrons. The topological polar surface area (TPSA) is 123 Å². The standard InChI is InChI=1S/C23H28N6O4/c1-32-18-4-3-14(13-30)7-16(18)12-29-19-17(11-25-29)26-21(28-22(31)33-2)27-20(19)24-10-15-8-23(9-15)5-6-23/h3-4,7,11,15,30H,5-6,8-10,12-13H2,1-2H3,(H2,24,26,27,28,31). The molecule has 2 aliphatic rings. The molecule has 2 saturated carbocycles. The summed E-state index contributed by atoms with van der Waals surface area (Å²) in [6.45, 7) is 1.16. The first-order chi connectivity index (χ1) is 16.0. The lowest BCUT2D eigenvalue weighted by Gasteiger charge is -2.36. The van der Waals surface area contributed by atoms with E-state index in [0.717, 1.165) is 23.2 Å². The number of rotatable bonds is 8. The predicted molar refractivity (Wildman–Crippen MR) is 122 cm³/mol. The average molecular weight is 453 g/mol. The van der Waals surface area contributed by atoms with Crippen molar-refractivity contribution in [1.29, 1.82) is 0 Å². The summed E-state index contributed by atoms with van der Waals surface area (Å²) in [5.74, 6) is 2.09. The minimum atomic E-state index is -0.632. The molecule has 10 heteroatoms. The smallest absolute Gasteiger partial charge is 0.413 e. The fourth-order valence-corrected chi connectivity index (χ4v) is 4.79. The van der Waals surface area contributed by atoms with Crippen molar-refractivity contribution in [2.75, 3.05) is 31.4 Å². The van der Waals surface area contributed by atoms with E-state index in [1.165, 1.54) is 32.8 Å². The molecule has 33 heavy (non-hydrogen) atoms. The van der Waals surface area contributed by atoms with Crippen LogP contribution < -0.4 is 15.4 Å². The van der Waals surface area contributed by atoms with E-state index in [2.05, 4.69) is 30.4 Å². The highest BCUT2D eigenvalue weighted by Crippen LogP contribution is 2.63. The minimum absolute atomic E-state index is 0.0573. The van der Waals surface area contributed by atoms with Crippen molar-refractivity contribution in [2.24, 2.45) is 11.3 Å². The molecule has 2 fully saturated rings. The van der Waals surface area contributed by atoms with Crippen LogP contribution in [0.1, 0.15) is 36.8 Å². The Balaban J connectivity index is 1.46. The van der Waals surface area contributed by atoms with Gasteiger partial charge in [0.05, 0.1) is 33.6 Å². The van der Waals surface area contributed by atoms with Crippen LogP contribution in [0.15, 0.2) is 24.4 Å². The summed E-state index contributed by atoms with van der Waals surface area (Å²) >= 11 is 0. The molecule has 0 unspecified atom stereocenters. The van der Waals surface area contributed by atoms with Crippen molar-refractivity contribution in [1.82, 2.24) is 19.7 Å². The number of benzene rings is 1. The molecular weight excluding hydrogens is 424 g/mol. The molecule has 0 atom stereocenters. The predicted octanol–water partition coefficient (Wildman–Crippen LogP) is 3.16. The molecule has 5 rings (SSSR count). The fourth-order valence-electron chi connectivity index (χ4n) is 4.79. The Morgan fingerprint density at radius 3 is 2.79 bits per heavy atom. The Bertz CT molecular complexity index is 1180. The second kappa shape index (κ2) is 8.51. The van der Waals surface area contributed by atoms with Crippen LogP contribution in [0.25, 0.3) is 11.0 Å². The highest BCUT2D eigenvalue weighted by atomic mass is 16.5. The summed E-state index contributed by atoms with van der Waals surface area (Å²) < 4.78 is 12.0. The summed E-state index contributed by atoms with van der Waals surface area (Å²) in [6, 6.07) is 5.57. The van der Waals surface area contributed by atoms with Crippen molar-refractivity contribution < 1.29 is 19.4 Å². The van der Waals surface area contributed by atoms with Gasteiger partial charge >= 0.3 is 6.09 Å². The van der Waals surface area contributed by atoms with Crippen LogP contribution in [0.3, 0.4) is 0 Å². The van der Waals surface area contributed by atoms with E-state index in [0.29, 0.717) is 35.0 Å². The quantitative estimate of drug-likeness (QED) is 0.476. The van der Waals surface area contributed by atoms with Crippen LogP contribution in [0, 0.1) is 11.3 Å². The summed E-state index contributed by atoms with van der Waals surface area (Å²) in [5, 5.41) is 20.1. The molecule has 3 N–H and O–H groups in total. The van der Waals surface area contributed by atoms with Crippen LogP contribution in [-0.2, 0) is 17.9 Å². The molecule has 2 aromatic heterocycles. The maximum atomic E-state index is 11.7. The van der Waals surface area contributed by atoms with Crippen LogP contribution in [0.2, 0.25) is 0 Å². The molecule has 1 spiro atoms. The number of ether oxygens (including phenoxy) is 2. The van der Waals surface area contributed by atoms with E-state index in [1.54, 1.807) is 13.3 Å². The summed E-state index contributed by atoms with van der Waals surface area (Å²) in [4.78, 5) is 20.7. The van der Waals surface area contributed by atoms with E-state index < -0.39 is 6.09 Å². The van der Waals surface area contributed by atoms with E-state index in [-0.39, 0.29) is 12.6 Å². The molecule has 0 saturated heterocycles. The van der Waals surface area contributed by atoms with Crippen LogP contribution in [0.4, 0.5) is 16.6 Å². The Labute approximate surface area is 191 Å². The zero-order valence-electron chi connectivity index (χ0n) is 18.8. The first-order valence-electron chi connectivity index (χ1n) is 11.1. The summed E-state index contributed by atoms with van der Waals surface area (Å²) in [7, 11) is 2.91. The molecule has 1 amide bonds. The van der Waals surface area contributed by atoms with Gasteiger partial charge in [0, 0.05) is 12.1 Å². The minimum Gasteiger partial charge on any atom is -0.496 e. The summed E-state index contributed by atoms with van der Waals surface area (Å²) in [6.07, 6.45) is 6.24. The monoisotopic (exact) mass is 452 g/mol. The normalized spacial score (nSPS) is 16.5. The number of methoxy groups -OCH3 is 2. The number of anilines is 2. The van der Waals surface area contributed by atoms with Crippen LogP contribution in [0.5, 0.6) is 5.75 Å². The van der Waals surface area contributed by atoms with Gasteiger partial charge in [-0.2, -0.15) is 10.1 Å². The van der Waals surface area contributed by atoms with Gasteiger partial charge in [-0.15, -0.1) is 0 Å². The number of hydrogen-bond acceptors (Lipinski definition) is 8. The van der Waals surface area contributed by atoms with Gasteiger partial charge < -0.3 is 19.9 Å². The van der Waals surface area contributed by atoms with Gasteiger partial charge in [-0.3, -0.25) is 10.00 Å². The first kappa shape index (κ1) is 21.4. The van der Waals surface area contributed by atoms with Gasteiger partial charge in [0.2, 0.25) is 5.95 Å². The van der Waals surface area contributed by atoms with Gasteiger partial charge in [0.25, 0.3) is 0 Å². The van der Waals surface area contributed by atoms with Crippen LogP contribution in [-0.4, -0.2) is 51.7 Å². The SMILES string of the molecule is COC(=O)Nc1nc(NCC2CC3(CC3)C2)c2c(cnn2Cc2cc(CO)ccc2OC)n1. The fraction of sp³-hybridized carbons (Fsp3) is 0.478. The Kier molecular flexibility index (Phi) is 5.53. The maximum absolute atomic E-state index is 11.7. The molecule has 2 heterocycles. The van der Waals surface area contributed by atoms with Gasteiger partial charge in [-0.25, -0.2) is 9.78 Å². The lowest BCUT2D eigenvalue weighted by Crippen LogP contribution is -2.31. The number of amides is 1. The average Bonchev–Trinajstić information content (AvgIpc) is 3.51. The maximum Gasteiger partial charge on any atom is 0.413 e. The lowest BCUT2D eigenvalue weighted by molar-refractivity contribution is 0.180. The second-order valence-electron chi connectivity index (χ2n) is 9.01. The van der Waals surface area contributed by atoms with E-state index in [9.17, 15) is 9.90 Å². The zero-order chi connectivity index (χ0) is 23.0. The number of hydrogen-bond donors (Lipinski definition) is 3. The first-order valence-corrected chi connectivity index (χ1v) is 11.1. The highest BCUT2D eigenvalue weighted by Gasteiger charge is 2.52. The van der Waals surface area contributed by atoms with Crippen molar-refractivity contribution in [3.05, 3.63) is 35.5 Å². The molecule has 10 nitrogen and oxygen atoms in total. The van der Waals surface area contributed by atoms with Crippen molar-refractivity contribution in [2.45, 2.75) is 38.8 Å². The van der Waals surface area contributed by atoms with Gasteiger partial charge in [0.1, 0.15) is 16.8 Å². The van der Waals surface area contributed by atoms with E-state index in [1.807, 2.05) is 22.9 Å². The third kappa shape index (κ3) is 4.30. The van der Waals surface area contributed by atoms with Gasteiger partial charge in [0.15, 0.2) is 5.82 Å². The Hall–Kier alpha value is -3.40. The van der Waals surface area contributed by atoms with Crippen molar-refractivity contribution in [3.8, 4) is 5.75 Å². The number of aromatic nitrogens is 4. The van der Waals surface area contributed by atoms with Gasteiger partial charge in [-0.1, -0.05) is 6.07 Å². The zero-order valence-corrected chi connectivity index (χ0v) is 18.8. The lowest BCUT2D eigenvalue weighted by atomic mass is 9.72. The largest absolute Gasteiger partial charge is 0.496 e. The Morgan fingerprint density at radius 1 is 1.27 bits per heavy atom. The number of carbonyl (C=O) groups excluding carboxylic acids is 1. The summed E-state index contributed by atoms with van der Waals surface area (Å²) in [5.41, 5.74) is 3.64. The molecule has 0 bridgehead atoms. The third-order valence-corrected chi connectivity index (χ3v) is 6.69. The Morgan fingerprint density at radius 2 is 2.09 bits per heavy atom. The third-order valence-electron chi connectivity index (χ3n) is 6.69. The number of carbonyl (C=O) groups is 1. The number of nitrogens with zero attached hydrogens (tertiary/aromatic N) is 4. The molecule has 1 aromatic carbocycles. The molecule has 0 aliphatic heterocycles. The number of fused-ring (bicyclic) bond motifs is 1. The highest BCUT2D eigenvalue weighted by molar-refractivity contribution is 5.89. The van der Waals surface area contributed by atoms with Gasteiger partial charge in [-0.05, 0) is 54.7 Å². The number of nitrogens with one attached hydrogen (secondary N) is 2.